The Kier molecular flexibility index (Phi) is 3.30. The van der Waals surface area contributed by atoms with Crippen molar-refractivity contribution in [2.45, 2.75) is 37.1 Å². The van der Waals surface area contributed by atoms with Crippen LogP contribution in [0.3, 0.4) is 0 Å². The zero-order valence-electron chi connectivity index (χ0n) is 10.2. The van der Waals surface area contributed by atoms with E-state index in [0.717, 1.165) is 17.6 Å². The van der Waals surface area contributed by atoms with E-state index in [1.54, 1.807) is 0 Å². The predicted molar refractivity (Wildman–Crippen MR) is 72.8 cm³/mol. The van der Waals surface area contributed by atoms with Crippen molar-refractivity contribution >= 4 is 11.8 Å². The van der Waals surface area contributed by atoms with Crippen LogP contribution in [-0.4, -0.2) is 23.7 Å². The highest BCUT2D eigenvalue weighted by atomic mass is 32.2. The maximum absolute atomic E-state index is 5.72. The molecule has 1 aromatic carbocycles. The lowest BCUT2D eigenvalue weighted by Gasteiger charge is -2.31. The molecule has 2 aliphatic heterocycles. The Morgan fingerprint density at radius 3 is 3.12 bits per heavy atom. The van der Waals surface area contributed by atoms with Crippen LogP contribution < -0.4 is 10.1 Å². The van der Waals surface area contributed by atoms with Gasteiger partial charge in [-0.3, -0.25) is 0 Å². The van der Waals surface area contributed by atoms with Crippen molar-refractivity contribution in [2.75, 3.05) is 12.4 Å². The lowest BCUT2D eigenvalue weighted by atomic mass is 10.0. The minimum absolute atomic E-state index is 0.386. The summed E-state index contributed by atoms with van der Waals surface area (Å²) in [6, 6.07) is 9.41. The van der Waals surface area contributed by atoms with Gasteiger partial charge in [0.25, 0.3) is 0 Å². The highest BCUT2D eigenvalue weighted by Gasteiger charge is 2.29. The molecule has 1 fully saturated rings. The molecular weight excluding hydrogens is 230 g/mol. The number of para-hydroxylation sites is 1. The number of benzene rings is 1. The molecule has 1 aromatic rings. The third-order valence-electron chi connectivity index (χ3n) is 3.72. The molecule has 0 spiro atoms. The van der Waals surface area contributed by atoms with E-state index >= 15 is 0 Å². The van der Waals surface area contributed by atoms with Gasteiger partial charge in [0.05, 0.1) is 6.04 Å². The van der Waals surface area contributed by atoms with Gasteiger partial charge in [-0.1, -0.05) is 25.1 Å². The molecule has 17 heavy (non-hydrogen) atoms. The van der Waals surface area contributed by atoms with Gasteiger partial charge in [0.1, 0.15) is 12.4 Å². The van der Waals surface area contributed by atoms with Crippen molar-refractivity contribution in [1.82, 2.24) is 5.32 Å². The Morgan fingerprint density at radius 1 is 1.35 bits per heavy atom. The molecule has 0 aliphatic carbocycles. The van der Waals surface area contributed by atoms with E-state index < -0.39 is 0 Å². The van der Waals surface area contributed by atoms with E-state index in [2.05, 4.69) is 42.2 Å². The van der Waals surface area contributed by atoms with E-state index in [1.165, 1.54) is 24.2 Å². The minimum Gasteiger partial charge on any atom is -0.491 e. The first-order valence-corrected chi connectivity index (χ1v) is 7.49. The highest BCUT2D eigenvalue weighted by Crippen LogP contribution is 2.34. The topological polar surface area (TPSA) is 21.3 Å². The van der Waals surface area contributed by atoms with Crippen LogP contribution in [0.5, 0.6) is 5.75 Å². The van der Waals surface area contributed by atoms with Gasteiger partial charge in [0.2, 0.25) is 0 Å². The fourth-order valence-electron chi connectivity index (χ4n) is 2.70. The van der Waals surface area contributed by atoms with Crippen molar-refractivity contribution < 1.29 is 4.74 Å². The largest absolute Gasteiger partial charge is 0.491 e. The molecule has 2 aliphatic rings. The third kappa shape index (κ3) is 2.31. The fourth-order valence-corrected chi connectivity index (χ4v) is 3.85. The van der Waals surface area contributed by atoms with Crippen LogP contribution in [0.25, 0.3) is 0 Å². The molecule has 1 saturated heterocycles. The zero-order valence-corrected chi connectivity index (χ0v) is 11.0. The number of fused-ring (bicyclic) bond motifs is 1. The maximum Gasteiger partial charge on any atom is 0.124 e. The summed E-state index contributed by atoms with van der Waals surface area (Å²) in [6.07, 6.45) is 2.63. The summed E-state index contributed by atoms with van der Waals surface area (Å²) in [4.78, 5) is 0. The van der Waals surface area contributed by atoms with Crippen LogP contribution in [0.4, 0.5) is 0 Å². The molecule has 3 rings (SSSR count). The van der Waals surface area contributed by atoms with Gasteiger partial charge in [-0.05, 0) is 24.7 Å². The van der Waals surface area contributed by atoms with Gasteiger partial charge in [0.15, 0.2) is 0 Å². The summed E-state index contributed by atoms with van der Waals surface area (Å²) >= 11 is 2.09. The van der Waals surface area contributed by atoms with Crippen molar-refractivity contribution in [3.63, 3.8) is 0 Å². The Hall–Kier alpha value is -0.670. The summed E-state index contributed by atoms with van der Waals surface area (Å²) in [6.45, 7) is 3.12. The number of hydrogen-bond donors (Lipinski definition) is 1. The molecule has 3 heteroatoms. The fraction of sp³-hybridized carbons (Fsp3) is 0.571. The second-order valence-corrected chi connectivity index (χ2v) is 6.38. The van der Waals surface area contributed by atoms with Crippen LogP contribution in [-0.2, 0) is 0 Å². The molecule has 92 valence electrons. The number of nitrogens with one attached hydrogen (secondary N) is 1. The Balaban J connectivity index is 1.70. The van der Waals surface area contributed by atoms with Gasteiger partial charge >= 0.3 is 0 Å². The summed E-state index contributed by atoms with van der Waals surface area (Å²) < 4.78 is 5.72. The summed E-state index contributed by atoms with van der Waals surface area (Å²) in [5, 5.41) is 4.50. The van der Waals surface area contributed by atoms with Crippen molar-refractivity contribution in [3.05, 3.63) is 29.8 Å². The monoisotopic (exact) mass is 249 g/mol. The van der Waals surface area contributed by atoms with Crippen molar-refractivity contribution in [1.29, 1.82) is 0 Å². The molecule has 0 bridgehead atoms. The van der Waals surface area contributed by atoms with E-state index in [4.69, 9.17) is 4.74 Å². The molecular formula is C14H19NOS. The van der Waals surface area contributed by atoms with Crippen LogP contribution in [0.1, 0.15) is 31.4 Å². The summed E-state index contributed by atoms with van der Waals surface area (Å²) in [5.41, 5.74) is 1.33. The van der Waals surface area contributed by atoms with Gasteiger partial charge in [-0.25, -0.2) is 0 Å². The smallest absolute Gasteiger partial charge is 0.124 e. The first-order valence-electron chi connectivity index (χ1n) is 6.44. The molecule has 2 nitrogen and oxygen atoms in total. The van der Waals surface area contributed by atoms with Crippen LogP contribution in [0.15, 0.2) is 24.3 Å². The lowest BCUT2D eigenvalue weighted by molar-refractivity contribution is 0.291. The molecule has 2 heterocycles. The molecule has 0 saturated carbocycles. The average Bonchev–Trinajstić information content (AvgIpc) is 2.76. The predicted octanol–water partition coefficient (Wildman–Crippen LogP) is 2.99. The first kappa shape index (κ1) is 11.4. The van der Waals surface area contributed by atoms with Gasteiger partial charge in [0, 0.05) is 16.9 Å². The standard InChI is InChI=1S/C14H19NOS/c1-10-12(6-4-8-17-10)15-13-9-16-14-7-3-2-5-11(13)14/h2-3,5,7,10,12-13,15H,4,6,8-9H2,1H3. The van der Waals surface area contributed by atoms with Gasteiger partial charge in [-0.15, -0.1) is 0 Å². The van der Waals surface area contributed by atoms with E-state index in [0.29, 0.717) is 12.1 Å². The Bertz CT molecular complexity index is 396. The second kappa shape index (κ2) is 4.91. The third-order valence-corrected chi connectivity index (χ3v) is 5.10. The molecule has 3 atom stereocenters. The first-order chi connectivity index (χ1) is 8.34. The van der Waals surface area contributed by atoms with Crippen LogP contribution in [0.2, 0.25) is 0 Å². The second-order valence-electron chi connectivity index (χ2n) is 4.89. The summed E-state index contributed by atoms with van der Waals surface area (Å²) in [5.74, 6) is 2.37. The van der Waals surface area contributed by atoms with Crippen molar-refractivity contribution in [3.8, 4) is 5.75 Å². The molecule has 0 aromatic heterocycles. The normalized spacial score (nSPS) is 31.9. The Labute approximate surface area is 107 Å². The van der Waals surface area contributed by atoms with Crippen LogP contribution >= 0.6 is 11.8 Å². The maximum atomic E-state index is 5.72. The number of hydrogen-bond acceptors (Lipinski definition) is 3. The van der Waals surface area contributed by atoms with E-state index in [9.17, 15) is 0 Å². The number of ether oxygens (including phenoxy) is 1. The molecule has 1 N–H and O–H groups in total. The zero-order chi connectivity index (χ0) is 11.7. The minimum atomic E-state index is 0.386. The number of rotatable bonds is 2. The Morgan fingerprint density at radius 2 is 2.24 bits per heavy atom. The molecule has 0 radical (unpaired) electrons. The molecule has 3 unspecified atom stereocenters. The van der Waals surface area contributed by atoms with Crippen molar-refractivity contribution in [2.24, 2.45) is 0 Å². The lowest BCUT2D eigenvalue weighted by Crippen LogP contribution is -2.41. The average molecular weight is 249 g/mol. The van der Waals surface area contributed by atoms with E-state index in [-0.39, 0.29) is 0 Å². The quantitative estimate of drug-likeness (QED) is 0.870. The van der Waals surface area contributed by atoms with Gasteiger partial charge < -0.3 is 10.1 Å². The SMILES string of the molecule is CC1SCCCC1NC1COc2ccccc21. The molecule has 0 amide bonds. The van der Waals surface area contributed by atoms with Gasteiger partial charge in [-0.2, -0.15) is 11.8 Å². The number of thioether (sulfide) groups is 1. The van der Waals surface area contributed by atoms with Crippen LogP contribution in [0, 0.1) is 0 Å². The summed E-state index contributed by atoms with van der Waals surface area (Å²) in [7, 11) is 0. The van der Waals surface area contributed by atoms with E-state index in [1.807, 2.05) is 6.07 Å². The highest BCUT2D eigenvalue weighted by molar-refractivity contribution is 7.99.